The molecular weight excluding hydrogens is 282 g/mol. The third-order valence-electron chi connectivity index (χ3n) is 3.28. The van der Waals surface area contributed by atoms with E-state index in [2.05, 4.69) is 5.32 Å². The highest BCUT2D eigenvalue weighted by Crippen LogP contribution is 2.27. The van der Waals surface area contributed by atoms with Crippen molar-refractivity contribution >= 4 is 11.4 Å². The SMILES string of the molecule is N#Cc1cc([N+](=O)[O-])ccc1N[C@H](CCO)c1ccccc1. The fourth-order valence-electron chi connectivity index (χ4n) is 2.19. The summed E-state index contributed by atoms with van der Waals surface area (Å²) in [5.74, 6) is 0. The average molecular weight is 297 g/mol. The molecule has 2 rings (SSSR count). The maximum absolute atomic E-state index is 10.8. The molecule has 6 heteroatoms. The van der Waals surface area contributed by atoms with Crippen LogP contribution in [-0.4, -0.2) is 16.6 Å². The minimum Gasteiger partial charge on any atom is -0.396 e. The van der Waals surface area contributed by atoms with Crippen LogP contribution >= 0.6 is 0 Å². The highest BCUT2D eigenvalue weighted by Gasteiger charge is 2.15. The second-order valence-electron chi connectivity index (χ2n) is 4.72. The number of hydrogen-bond acceptors (Lipinski definition) is 5. The quantitative estimate of drug-likeness (QED) is 0.630. The predicted octanol–water partition coefficient (Wildman–Crippen LogP) is 3.00. The lowest BCUT2D eigenvalue weighted by Gasteiger charge is -2.20. The van der Waals surface area contributed by atoms with E-state index in [0.29, 0.717) is 12.1 Å². The van der Waals surface area contributed by atoms with Crippen molar-refractivity contribution in [2.24, 2.45) is 0 Å². The van der Waals surface area contributed by atoms with Crippen LogP contribution in [0.3, 0.4) is 0 Å². The van der Waals surface area contributed by atoms with Crippen molar-refractivity contribution in [1.29, 1.82) is 5.26 Å². The summed E-state index contributed by atoms with van der Waals surface area (Å²) in [5, 5.41) is 32.3. The molecule has 0 aliphatic rings. The number of nitro benzene ring substituents is 1. The first kappa shape index (κ1) is 15.5. The maximum Gasteiger partial charge on any atom is 0.270 e. The number of nitriles is 1. The third-order valence-corrected chi connectivity index (χ3v) is 3.28. The zero-order valence-electron chi connectivity index (χ0n) is 11.8. The first-order valence-corrected chi connectivity index (χ1v) is 6.76. The molecule has 0 saturated carbocycles. The highest BCUT2D eigenvalue weighted by molar-refractivity contribution is 5.62. The van der Waals surface area contributed by atoms with Crippen LogP contribution in [0.25, 0.3) is 0 Å². The Morgan fingerprint density at radius 1 is 1.27 bits per heavy atom. The number of non-ortho nitro benzene ring substituents is 1. The first-order valence-electron chi connectivity index (χ1n) is 6.76. The van der Waals surface area contributed by atoms with Gasteiger partial charge in [-0.1, -0.05) is 30.3 Å². The van der Waals surface area contributed by atoms with Crippen LogP contribution in [0.2, 0.25) is 0 Å². The summed E-state index contributed by atoms with van der Waals surface area (Å²) in [6.45, 7) is -0.0125. The fourth-order valence-corrected chi connectivity index (χ4v) is 2.19. The molecule has 0 fully saturated rings. The molecule has 2 N–H and O–H groups in total. The molecule has 0 heterocycles. The molecule has 2 aromatic carbocycles. The molecule has 22 heavy (non-hydrogen) atoms. The molecular formula is C16H15N3O3. The summed E-state index contributed by atoms with van der Waals surface area (Å²) < 4.78 is 0. The van der Waals surface area contributed by atoms with Gasteiger partial charge in [-0.2, -0.15) is 5.26 Å². The van der Waals surface area contributed by atoms with Crippen LogP contribution in [0, 0.1) is 21.4 Å². The standard InChI is InChI=1S/C16H15N3O3/c17-11-13-10-14(19(21)22)6-7-15(13)18-16(8-9-20)12-4-2-1-3-5-12/h1-7,10,16,18,20H,8-9H2/t16-/m1/s1. The van der Waals surface area contributed by atoms with Gasteiger partial charge < -0.3 is 10.4 Å². The van der Waals surface area contributed by atoms with Gasteiger partial charge in [0.25, 0.3) is 5.69 Å². The van der Waals surface area contributed by atoms with E-state index in [9.17, 15) is 20.5 Å². The van der Waals surface area contributed by atoms with Crippen LogP contribution in [0.4, 0.5) is 11.4 Å². The van der Waals surface area contributed by atoms with Gasteiger partial charge in [0.2, 0.25) is 0 Å². The average Bonchev–Trinajstić information content (AvgIpc) is 2.55. The lowest BCUT2D eigenvalue weighted by molar-refractivity contribution is -0.384. The Hall–Kier alpha value is -2.91. The second-order valence-corrected chi connectivity index (χ2v) is 4.72. The van der Waals surface area contributed by atoms with Gasteiger partial charge in [0.1, 0.15) is 6.07 Å². The third kappa shape index (κ3) is 3.59. The van der Waals surface area contributed by atoms with E-state index in [-0.39, 0.29) is 23.9 Å². The summed E-state index contributed by atoms with van der Waals surface area (Å²) in [7, 11) is 0. The van der Waals surface area contributed by atoms with Gasteiger partial charge in [-0.25, -0.2) is 0 Å². The Morgan fingerprint density at radius 2 is 2.00 bits per heavy atom. The van der Waals surface area contributed by atoms with Gasteiger partial charge in [0.15, 0.2) is 0 Å². The molecule has 0 aliphatic carbocycles. The van der Waals surface area contributed by atoms with Gasteiger partial charge in [-0.05, 0) is 18.1 Å². The van der Waals surface area contributed by atoms with Gasteiger partial charge in [0, 0.05) is 18.7 Å². The molecule has 0 unspecified atom stereocenters. The van der Waals surface area contributed by atoms with Crippen LogP contribution in [0.1, 0.15) is 23.6 Å². The molecule has 2 aromatic rings. The van der Waals surface area contributed by atoms with E-state index < -0.39 is 4.92 Å². The Bertz CT molecular complexity index is 696. The van der Waals surface area contributed by atoms with Crippen molar-refractivity contribution < 1.29 is 10.0 Å². The largest absolute Gasteiger partial charge is 0.396 e. The Morgan fingerprint density at radius 3 is 2.59 bits per heavy atom. The highest BCUT2D eigenvalue weighted by atomic mass is 16.6. The molecule has 0 amide bonds. The Labute approximate surface area is 127 Å². The molecule has 0 aliphatic heterocycles. The number of hydrogen-bond donors (Lipinski definition) is 2. The molecule has 0 bridgehead atoms. The number of rotatable bonds is 6. The van der Waals surface area contributed by atoms with E-state index in [0.717, 1.165) is 5.56 Å². The number of nitrogens with zero attached hydrogens (tertiary/aromatic N) is 2. The van der Waals surface area contributed by atoms with Gasteiger partial charge in [-0.15, -0.1) is 0 Å². The van der Waals surface area contributed by atoms with Crippen LogP contribution < -0.4 is 5.32 Å². The number of benzene rings is 2. The molecule has 0 saturated heterocycles. The van der Waals surface area contributed by atoms with Crippen molar-refractivity contribution in [3.05, 3.63) is 69.8 Å². The fraction of sp³-hybridized carbons (Fsp3) is 0.188. The number of aliphatic hydroxyl groups is 1. The summed E-state index contributed by atoms with van der Waals surface area (Å²) in [6, 6.07) is 15.4. The first-order chi connectivity index (χ1) is 10.7. The van der Waals surface area contributed by atoms with Crippen LogP contribution in [0.5, 0.6) is 0 Å². The van der Waals surface area contributed by atoms with Crippen LogP contribution in [0.15, 0.2) is 48.5 Å². The smallest absolute Gasteiger partial charge is 0.270 e. The number of aliphatic hydroxyl groups excluding tert-OH is 1. The normalized spacial score (nSPS) is 11.5. The topological polar surface area (TPSA) is 99.2 Å². The molecule has 0 radical (unpaired) electrons. The summed E-state index contributed by atoms with van der Waals surface area (Å²) in [5.41, 5.74) is 1.56. The second kappa shape index (κ2) is 7.20. The Kier molecular flexibility index (Phi) is 5.07. The van der Waals surface area contributed by atoms with Crippen molar-refractivity contribution in [2.45, 2.75) is 12.5 Å². The van der Waals surface area contributed by atoms with Gasteiger partial charge in [0.05, 0.1) is 22.2 Å². The predicted molar refractivity (Wildman–Crippen MR) is 82.3 cm³/mol. The lowest BCUT2D eigenvalue weighted by atomic mass is 10.0. The van der Waals surface area contributed by atoms with Crippen LogP contribution in [-0.2, 0) is 0 Å². The van der Waals surface area contributed by atoms with Gasteiger partial charge >= 0.3 is 0 Å². The zero-order chi connectivity index (χ0) is 15.9. The number of nitro groups is 1. The van der Waals surface area contributed by atoms with E-state index >= 15 is 0 Å². The molecule has 112 valence electrons. The van der Waals surface area contributed by atoms with Gasteiger partial charge in [-0.3, -0.25) is 10.1 Å². The Balaban J connectivity index is 2.31. The van der Waals surface area contributed by atoms with E-state index in [1.165, 1.54) is 18.2 Å². The summed E-state index contributed by atoms with van der Waals surface area (Å²) >= 11 is 0. The van der Waals surface area contributed by atoms with Crippen molar-refractivity contribution in [1.82, 2.24) is 0 Å². The molecule has 6 nitrogen and oxygen atoms in total. The van der Waals surface area contributed by atoms with E-state index in [1.54, 1.807) is 0 Å². The summed E-state index contributed by atoms with van der Waals surface area (Å²) in [6.07, 6.45) is 0.464. The monoisotopic (exact) mass is 297 g/mol. The van der Waals surface area contributed by atoms with E-state index in [1.807, 2.05) is 36.4 Å². The lowest BCUT2D eigenvalue weighted by Crippen LogP contribution is -2.13. The van der Waals surface area contributed by atoms with E-state index in [4.69, 9.17) is 0 Å². The zero-order valence-corrected chi connectivity index (χ0v) is 11.8. The summed E-state index contributed by atoms with van der Waals surface area (Å²) in [4.78, 5) is 10.2. The number of anilines is 1. The molecule has 0 aromatic heterocycles. The molecule has 1 atom stereocenters. The minimum absolute atomic E-state index is 0.0125. The minimum atomic E-state index is -0.535. The van der Waals surface area contributed by atoms with Crippen molar-refractivity contribution in [2.75, 3.05) is 11.9 Å². The van der Waals surface area contributed by atoms with Crippen molar-refractivity contribution in [3.8, 4) is 6.07 Å². The maximum atomic E-state index is 10.8. The van der Waals surface area contributed by atoms with Crippen molar-refractivity contribution in [3.63, 3.8) is 0 Å². The molecule has 0 spiro atoms. The number of nitrogens with one attached hydrogen (secondary N) is 1.